The van der Waals surface area contributed by atoms with Crippen molar-refractivity contribution in [2.75, 3.05) is 5.32 Å². The third-order valence-electron chi connectivity index (χ3n) is 2.30. The van der Waals surface area contributed by atoms with Crippen LogP contribution in [0.25, 0.3) is 0 Å². The van der Waals surface area contributed by atoms with Crippen LogP contribution in [0.1, 0.15) is 5.56 Å². The van der Waals surface area contributed by atoms with Gasteiger partial charge in [-0.25, -0.2) is 0 Å². The van der Waals surface area contributed by atoms with Crippen LogP contribution in [0.5, 0.6) is 0 Å². The molecule has 0 atom stereocenters. The van der Waals surface area contributed by atoms with Crippen LogP contribution in [0.3, 0.4) is 0 Å². The molecule has 0 aromatic heterocycles. The summed E-state index contributed by atoms with van der Waals surface area (Å²) in [6, 6.07) is 13.5. The van der Waals surface area contributed by atoms with Gasteiger partial charge in [-0.05, 0) is 52.3 Å². The standard InChI is InChI=1S/C13H7Br3N2/c14-9-2-1-8(7-17)12(5-9)18-13-6-10(15)3-4-11(13)16/h1-6,18H. The first kappa shape index (κ1) is 13.6. The average Bonchev–Trinajstić information content (AvgIpc) is 2.34. The van der Waals surface area contributed by atoms with E-state index in [0.717, 1.165) is 24.8 Å². The summed E-state index contributed by atoms with van der Waals surface area (Å²) in [5, 5.41) is 12.3. The number of nitriles is 1. The zero-order valence-electron chi connectivity index (χ0n) is 9.05. The van der Waals surface area contributed by atoms with Crippen molar-refractivity contribution in [3.8, 4) is 6.07 Å². The van der Waals surface area contributed by atoms with Gasteiger partial charge in [0.05, 0.1) is 16.9 Å². The minimum atomic E-state index is 0.602. The van der Waals surface area contributed by atoms with E-state index in [1.54, 1.807) is 6.07 Å². The van der Waals surface area contributed by atoms with Gasteiger partial charge in [-0.1, -0.05) is 31.9 Å². The highest BCUT2D eigenvalue weighted by Gasteiger charge is 2.06. The molecule has 0 heterocycles. The van der Waals surface area contributed by atoms with Crippen molar-refractivity contribution >= 4 is 59.2 Å². The van der Waals surface area contributed by atoms with Gasteiger partial charge in [0.25, 0.3) is 0 Å². The Morgan fingerprint density at radius 1 is 0.889 bits per heavy atom. The van der Waals surface area contributed by atoms with Crippen molar-refractivity contribution in [3.63, 3.8) is 0 Å². The third-order valence-corrected chi connectivity index (χ3v) is 3.98. The van der Waals surface area contributed by atoms with E-state index in [1.165, 1.54) is 0 Å². The zero-order valence-corrected chi connectivity index (χ0v) is 13.8. The summed E-state index contributed by atoms with van der Waals surface area (Å²) in [4.78, 5) is 0. The van der Waals surface area contributed by atoms with Crippen LogP contribution in [-0.4, -0.2) is 0 Å². The molecule has 2 rings (SSSR count). The lowest BCUT2D eigenvalue weighted by atomic mass is 10.2. The monoisotopic (exact) mass is 428 g/mol. The summed E-state index contributed by atoms with van der Waals surface area (Å²) in [7, 11) is 0. The molecule has 1 N–H and O–H groups in total. The third kappa shape index (κ3) is 3.14. The molecule has 0 fully saturated rings. The van der Waals surface area contributed by atoms with Crippen LogP contribution in [0.15, 0.2) is 49.8 Å². The highest BCUT2D eigenvalue weighted by Crippen LogP contribution is 2.31. The second kappa shape index (κ2) is 5.87. The molecule has 5 heteroatoms. The van der Waals surface area contributed by atoms with E-state index in [4.69, 9.17) is 5.26 Å². The van der Waals surface area contributed by atoms with Gasteiger partial charge in [-0.3, -0.25) is 0 Å². The number of hydrogen-bond acceptors (Lipinski definition) is 2. The van der Waals surface area contributed by atoms with Crippen LogP contribution >= 0.6 is 47.8 Å². The maximum Gasteiger partial charge on any atom is 0.101 e. The number of halogens is 3. The first-order valence-electron chi connectivity index (χ1n) is 5.02. The Hall–Kier alpha value is -0.830. The van der Waals surface area contributed by atoms with Gasteiger partial charge in [0, 0.05) is 13.4 Å². The van der Waals surface area contributed by atoms with E-state index in [9.17, 15) is 0 Å². The van der Waals surface area contributed by atoms with Crippen LogP contribution in [0.2, 0.25) is 0 Å². The van der Waals surface area contributed by atoms with Crippen molar-refractivity contribution in [1.82, 2.24) is 0 Å². The normalized spacial score (nSPS) is 9.89. The van der Waals surface area contributed by atoms with Gasteiger partial charge in [-0.15, -0.1) is 0 Å². The number of nitrogens with one attached hydrogen (secondary N) is 1. The average molecular weight is 431 g/mol. The molecule has 0 aliphatic rings. The molecule has 2 aromatic carbocycles. The van der Waals surface area contributed by atoms with Crippen LogP contribution in [0.4, 0.5) is 11.4 Å². The number of anilines is 2. The number of rotatable bonds is 2. The maximum atomic E-state index is 9.08. The fraction of sp³-hybridized carbons (Fsp3) is 0. The predicted molar refractivity (Wildman–Crippen MR) is 84.0 cm³/mol. The molecule has 0 amide bonds. The summed E-state index contributed by atoms with van der Waals surface area (Å²) in [6.07, 6.45) is 0. The number of benzene rings is 2. The molecule has 0 spiro atoms. The van der Waals surface area contributed by atoms with Gasteiger partial charge in [0.2, 0.25) is 0 Å². The lowest BCUT2D eigenvalue weighted by Crippen LogP contribution is -1.94. The highest BCUT2D eigenvalue weighted by molar-refractivity contribution is 9.11. The first-order valence-corrected chi connectivity index (χ1v) is 7.40. The Morgan fingerprint density at radius 3 is 2.17 bits per heavy atom. The molecule has 0 aliphatic carbocycles. The molecule has 2 aromatic rings. The Bertz CT molecular complexity index is 633. The van der Waals surface area contributed by atoms with E-state index >= 15 is 0 Å². The summed E-state index contributed by atoms with van der Waals surface area (Å²) >= 11 is 10.3. The minimum Gasteiger partial charge on any atom is -0.353 e. The molecule has 18 heavy (non-hydrogen) atoms. The predicted octanol–water partition coefficient (Wildman–Crippen LogP) is 5.59. The Balaban J connectivity index is 2.43. The fourth-order valence-electron chi connectivity index (χ4n) is 1.46. The van der Waals surface area contributed by atoms with E-state index in [0.29, 0.717) is 5.56 Å². The van der Waals surface area contributed by atoms with Crippen molar-refractivity contribution in [3.05, 3.63) is 55.4 Å². The molecule has 0 aliphatic heterocycles. The molecule has 0 bridgehead atoms. The summed E-state index contributed by atoms with van der Waals surface area (Å²) < 4.78 is 2.84. The van der Waals surface area contributed by atoms with Crippen molar-refractivity contribution in [2.45, 2.75) is 0 Å². The first-order chi connectivity index (χ1) is 8.60. The second-order valence-electron chi connectivity index (χ2n) is 3.55. The largest absolute Gasteiger partial charge is 0.353 e. The lowest BCUT2D eigenvalue weighted by molar-refractivity contribution is 1.44. The smallest absolute Gasteiger partial charge is 0.101 e. The van der Waals surface area contributed by atoms with Crippen LogP contribution in [-0.2, 0) is 0 Å². The van der Waals surface area contributed by atoms with E-state index in [1.807, 2.05) is 30.3 Å². The maximum absolute atomic E-state index is 9.08. The minimum absolute atomic E-state index is 0.602. The topological polar surface area (TPSA) is 35.8 Å². The highest BCUT2D eigenvalue weighted by atomic mass is 79.9. The number of nitrogens with zero attached hydrogens (tertiary/aromatic N) is 1. The summed E-state index contributed by atoms with van der Waals surface area (Å²) in [5.41, 5.74) is 2.27. The van der Waals surface area contributed by atoms with Crippen LogP contribution in [0, 0.1) is 11.3 Å². The van der Waals surface area contributed by atoms with Crippen LogP contribution < -0.4 is 5.32 Å². The van der Waals surface area contributed by atoms with Gasteiger partial charge in [0.1, 0.15) is 6.07 Å². The summed E-state index contributed by atoms with van der Waals surface area (Å²) in [6.45, 7) is 0. The van der Waals surface area contributed by atoms with Gasteiger partial charge in [-0.2, -0.15) is 5.26 Å². The lowest BCUT2D eigenvalue weighted by Gasteiger charge is -2.11. The molecule has 0 unspecified atom stereocenters. The van der Waals surface area contributed by atoms with Crippen molar-refractivity contribution < 1.29 is 0 Å². The van der Waals surface area contributed by atoms with Crippen molar-refractivity contribution in [1.29, 1.82) is 5.26 Å². The molecule has 90 valence electrons. The van der Waals surface area contributed by atoms with Gasteiger partial charge in [0.15, 0.2) is 0 Å². The van der Waals surface area contributed by atoms with E-state index in [2.05, 4.69) is 59.2 Å². The quantitative estimate of drug-likeness (QED) is 0.674. The van der Waals surface area contributed by atoms with Gasteiger partial charge >= 0.3 is 0 Å². The Kier molecular flexibility index (Phi) is 4.44. The van der Waals surface area contributed by atoms with Crippen molar-refractivity contribution in [2.24, 2.45) is 0 Å². The fourth-order valence-corrected chi connectivity index (χ4v) is 2.52. The molecule has 2 nitrogen and oxygen atoms in total. The molecular weight excluding hydrogens is 424 g/mol. The summed E-state index contributed by atoms with van der Waals surface area (Å²) in [5.74, 6) is 0. The molecule has 0 saturated carbocycles. The Labute approximate surface area is 130 Å². The second-order valence-corrected chi connectivity index (χ2v) is 6.24. The molecular formula is C13H7Br3N2. The number of hydrogen-bond donors (Lipinski definition) is 1. The zero-order chi connectivity index (χ0) is 13.1. The van der Waals surface area contributed by atoms with E-state index < -0.39 is 0 Å². The SMILES string of the molecule is N#Cc1ccc(Br)cc1Nc1cc(Br)ccc1Br. The molecule has 0 saturated heterocycles. The van der Waals surface area contributed by atoms with Gasteiger partial charge < -0.3 is 5.32 Å². The molecule has 0 radical (unpaired) electrons. The Morgan fingerprint density at radius 2 is 1.50 bits per heavy atom. The van der Waals surface area contributed by atoms with E-state index in [-0.39, 0.29) is 0 Å².